The zero-order valence-corrected chi connectivity index (χ0v) is 12.8. The van der Waals surface area contributed by atoms with Crippen LogP contribution in [0.15, 0.2) is 35.8 Å². The second-order valence-electron chi connectivity index (χ2n) is 4.38. The molecule has 0 N–H and O–H groups in total. The average molecular weight is 309 g/mol. The number of aromatic nitrogens is 1. The van der Waals surface area contributed by atoms with Crippen molar-refractivity contribution in [2.75, 3.05) is 33.5 Å². The van der Waals surface area contributed by atoms with Gasteiger partial charge < -0.3 is 19.4 Å². The van der Waals surface area contributed by atoms with E-state index < -0.39 is 0 Å². The summed E-state index contributed by atoms with van der Waals surface area (Å²) in [6, 6.07) is 7.60. The van der Waals surface area contributed by atoms with Crippen molar-refractivity contribution in [2.45, 2.75) is 6.61 Å². The summed E-state index contributed by atoms with van der Waals surface area (Å²) in [5.41, 5.74) is 1.51. The fourth-order valence-electron chi connectivity index (χ4n) is 1.78. The maximum absolute atomic E-state index is 12.0. The first-order valence-corrected chi connectivity index (χ1v) is 7.59. The largest absolute Gasteiger partial charge is 0.618 e. The van der Waals surface area contributed by atoms with Crippen molar-refractivity contribution in [3.05, 3.63) is 46.6 Å². The van der Waals surface area contributed by atoms with E-state index >= 15 is 0 Å². The lowest BCUT2D eigenvalue weighted by molar-refractivity contribution is -0.594. The first-order chi connectivity index (χ1) is 10.3. The van der Waals surface area contributed by atoms with Crippen LogP contribution < -0.4 is 4.73 Å². The van der Waals surface area contributed by atoms with Crippen LogP contribution in [-0.4, -0.2) is 33.5 Å². The van der Waals surface area contributed by atoms with Crippen LogP contribution in [0.3, 0.4) is 0 Å². The van der Waals surface area contributed by atoms with E-state index in [1.165, 1.54) is 0 Å². The van der Waals surface area contributed by atoms with Gasteiger partial charge in [-0.05, 0) is 17.5 Å². The molecule has 2 rings (SSSR count). The Morgan fingerprint density at radius 1 is 1.10 bits per heavy atom. The van der Waals surface area contributed by atoms with Crippen molar-refractivity contribution in [1.29, 1.82) is 0 Å². The molecule has 0 aromatic carbocycles. The molecule has 0 aliphatic carbocycles. The third kappa shape index (κ3) is 5.09. The van der Waals surface area contributed by atoms with Gasteiger partial charge in [-0.25, -0.2) is 0 Å². The fourth-order valence-corrected chi connectivity index (χ4v) is 2.51. The molecular formula is C15H19NO4S. The SMILES string of the molecule is COCCOCCOCc1ccc(-c2cccs2)[n+]([O-])c1. The first-order valence-electron chi connectivity index (χ1n) is 6.71. The fraction of sp³-hybridized carbons (Fsp3) is 0.400. The minimum Gasteiger partial charge on any atom is -0.618 e. The number of hydrogen-bond donors (Lipinski definition) is 0. The van der Waals surface area contributed by atoms with Gasteiger partial charge in [-0.3, -0.25) is 0 Å². The minimum atomic E-state index is 0.403. The van der Waals surface area contributed by atoms with Gasteiger partial charge >= 0.3 is 0 Å². The molecule has 6 heteroatoms. The molecule has 0 saturated carbocycles. The zero-order chi connectivity index (χ0) is 14.9. The van der Waals surface area contributed by atoms with E-state index in [0.29, 0.717) is 38.7 Å². The Labute approximate surface area is 128 Å². The predicted octanol–water partition coefficient (Wildman–Crippen LogP) is 2.23. The van der Waals surface area contributed by atoms with Gasteiger partial charge in [0, 0.05) is 18.7 Å². The van der Waals surface area contributed by atoms with Gasteiger partial charge in [-0.2, -0.15) is 4.73 Å². The molecule has 0 saturated heterocycles. The van der Waals surface area contributed by atoms with Crippen molar-refractivity contribution in [2.24, 2.45) is 0 Å². The summed E-state index contributed by atoms with van der Waals surface area (Å²) < 4.78 is 16.5. The molecule has 0 spiro atoms. The highest BCUT2D eigenvalue weighted by molar-refractivity contribution is 7.13. The Morgan fingerprint density at radius 2 is 1.90 bits per heavy atom. The lowest BCUT2D eigenvalue weighted by Gasteiger charge is -2.07. The van der Waals surface area contributed by atoms with Gasteiger partial charge in [0.2, 0.25) is 5.69 Å². The van der Waals surface area contributed by atoms with Crippen LogP contribution >= 0.6 is 11.3 Å². The van der Waals surface area contributed by atoms with E-state index in [1.54, 1.807) is 24.6 Å². The van der Waals surface area contributed by atoms with Crippen molar-refractivity contribution in [3.8, 4) is 10.6 Å². The van der Waals surface area contributed by atoms with Crippen molar-refractivity contribution in [1.82, 2.24) is 0 Å². The Bertz CT molecular complexity index is 530. The van der Waals surface area contributed by atoms with Crippen LogP contribution in [0.5, 0.6) is 0 Å². The smallest absolute Gasteiger partial charge is 0.233 e. The summed E-state index contributed by atoms with van der Waals surface area (Å²) in [4.78, 5) is 0.962. The van der Waals surface area contributed by atoms with Crippen molar-refractivity contribution < 1.29 is 18.9 Å². The second-order valence-corrected chi connectivity index (χ2v) is 5.33. The summed E-state index contributed by atoms with van der Waals surface area (Å²) in [7, 11) is 1.64. The van der Waals surface area contributed by atoms with E-state index in [1.807, 2.05) is 29.6 Å². The third-order valence-electron chi connectivity index (χ3n) is 2.82. The lowest BCUT2D eigenvalue weighted by Crippen LogP contribution is -2.29. The molecular weight excluding hydrogens is 290 g/mol. The third-order valence-corrected chi connectivity index (χ3v) is 3.71. The van der Waals surface area contributed by atoms with Gasteiger partial charge in [0.1, 0.15) is 0 Å². The van der Waals surface area contributed by atoms with Crippen molar-refractivity contribution in [3.63, 3.8) is 0 Å². The second kappa shape index (κ2) is 8.74. The van der Waals surface area contributed by atoms with Crippen LogP contribution in [-0.2, 0) is 20.8 Å². The van der Waals surface area contributed by atoms with E-state index in [-0.39, 0.29) is 0 Å². The Hall–Kier alpha value is -1.47. The Kier molecular flexibility index (Phi) is 6.62. The standard InChI is InChI=1S/C15H19NO4S/c1-18-6-7-19-8-9-20-12-13-4-5-14(16(17)11-13)15-3-2-10-21-15/h2-5,10-11H,6-9,12H2,1H3. The summed E-state index contributed by atoms with van der Waals surface area (Å²) in [6.45, 7) is 2.57. The highest BCUT2D eigenvalue weighted by Gasteiger charge is 2.10. The normalized spacial score (nSPS) is 10.9. The number of methoxy groups -OCH3 is 1. The molecule has 21 heavy (non-hydrogen) atoms. The molecule has 0 amide bonds. The Morgan fingerprint density at radius 3 is 2.62 bits per heavy atom. The van der Waals surface area contributed by atoms with E-state index in [0.717, 1.165) is 15.2 Å². The van der Waals surface area contributed by atoms with Crippen LogP contribution in [0.4, 0.5) is 0 Å². The van der Waals surface area contributed by atoms with Crippen molar-refractivity contribution >= 4 is 11.3 Å². The first kappa shape index (κ1) is 15.9. The monoisotopic (exact) mass is 309 g/mol. The predicted molar refractivity (Wildman–Crippen MR) is 81.1 cm³/mol. The molecule has 0 fully saturated rings. The zero-order valence-electron chi connectivity index (χ0n) is 12.0. The minimum absolute atomic E-state index is 0.403. The number of hydrogen-bond acceptors (Lipinski definition) is 5. The molecule has 2 aromatic heterocycles. The number of ether oxygens (including phenoxy) is 3. The molecule has 0 aliphatic heterocycles. The number of rotatable bonds is 9. The topological polar surface area (TPSA) is 54.6 Å². The molecule has 114 valence electrons. The van der Waals surface area contributed by atoms with Gasteiger partial charge in [0.05, 0.1) is 37.9 Å². The number of thiophene rings is 1. The van der Waals surface area contributed by atoms with E-state index in [4.69, 9.17) is 14.2 Å². The molecule has 0 atom stereocenters. The van der Waals surface area contributed by atoms with Crippen LogP contribution in [0.2, 0.25) is 0 Å². The molecule has 0 aliphatic rings. The maximum atomic E-state index is 12.0. The van der Waals surface area contributed by atoms with Gasteiger partial charge in [-0.15, -0.1) is 11.3 Å². The molecule has 2 aromatic rings. The number of nitrogens with zero attached hydrogens (tertiary/aromatic N) is 1. The molecule has 0 unspecified atom stereocenters. The molecule has 5 nitrogen and oxygen atoms in total. The molecule has 0 bridgehead atoms. The highest BCUT2D eigenvalue weighted by Crippen LogP contribution is 2.21. The van der Waals surface area contributed by atoms with Gasteiger partial charge in [-0.1, -0.05) is 6.07 Å². The summed E-state index contributed by atoms with van der Waals surface area (Å²) in [6.07, 6.45) is 1.56. The summed E-state index contributed by atoms with van der Waals surface area (Å²) in [5.74, 6) is 0. The highest BCUT2D eigenvalue weighted by atomic mass is 32.1. The maximum Gasteiger partial charge on any atom is 0.233 e. The van der Waals surface area contributed by atoms with Crippen LogP contribution in [0, 0.1) is 5.21 Å². The Balaban J connectivity index is 1.76. The lowest BCUT2D eigenvalue weighted by atomic mass is 10.2. The van der Waals surface area contributed by atoms with Gasteiger partial charge in [0.25, 0.3) is 0 Å². The van der Waals surface area contributed by atoms with Gasteiger partial charge in [0.15, 0.2) is 6.20 Å². The molecule has 0 radical (unpaired) electrons. The van der Waals surface area contributed by atoms with Crippen LogP contribution in [0.1, 0.15) is 5.56 Å². The molecule has 2 heterocycles. The van der Waals surface area contributed by atoms with E-state index in [9.17, 15) is 5.21 Å². The quantitative estimate of drug-likeness (QED) is 0.405. The van der Waals surface area contributed by atoms with E-state index in [2.05, 4.69) is 0 Å². The summed E-state index contributed by atoms with van der Waals surface area (Å²) in [5, 5.41) is 13.9. The number of pyridine rings is 1. The summed E-state index contributed by atoms with van der Waals surface area (Å²) >= 11 is 1.55. The average Bonchev–Trinajstić information content (AvgIpc) is 3.00. The van der Waals surface area contributed by atoms with Crippen LogP contribution in [0.25, 0.3) is 10.6 Å².